The highest BCUT2D eigenvalue weighted by Gasteiger charge is 2.17. The molecule has 1 aromatic heterocycles. The molecule has 2 aromatic carbocycles. The fraction of sp³-hybridized carbons (Fsp3) is 0.238. The van der Waals surface area contributed by atoms with Crippen molar-refractivity contribution in [2.24, 2.45) is 0 Å². The van der Waals surface area contributed by atoms with Gasteiger partial charge in [0.2, 0.25) is 11.8 Å². The van der Waals surface area contributed by atoms with Crippen molar-refractivity contribution in [2.45, 2.75) is 20.3 Å². The number of fused-ring (bicyclic) bond motifs is 1. The Labute approximate surface area is 163 Å². The van der Waals surface area contributed by atoms with Gasteiger partial charge in [-0.15, -0.1) is 0 Å². The Hall–Kier alpha value is -2.79. The van der Waals surface area contributed by atoms with E-state index in [1.807, 2.05) is 31.3 Å². The number of aryl methyl sites for hydroxylation is 1. The maximum absolute atomic E-state index is 12.4. The highest BCUT2D eigenvalue weighted by atomic mass is 35.5. The van der Waals surface area contributed by atoms with Crippen molar-refractivity contribution in [3.63, 3.8) is 0 Å². The molecule has 2 N–H and O–H groups in total. The lowest BCUT2D eigenvalue weighted by atomic mass is 10.1. The predicted octanol–water partition coefficient (Wildman–Crippen LogP) is 3.84. The van der Waals surface area contributed by atoms with E-state index >= 15 is 0 Å². The zero-order valence-corrected chi connectivity index (χ0v) is 16.1. The number of carbonyl (C=O) groups is 2. The van der Waals surface area contributed by atoms with E-state index in [9.17, 15) is 9.59 Å². The number of H-pyrrole nitrogens is 1. The van der Waals surface area contributed by atoms with Crippen molar-refractivity contribution in [2.75, 3.05) is 18.0 Å². The van der Waals surface area contributed by atoms with Crippen LogP contribution in [0.2, 0.25) is 5.02 Å². The summed E-state index contributed by atoms with van der Waals surface area (Å²) in [4.78, 5) is 29.1. The van der Waals surface area contributed by atoms with Gasteiger partial charge in [0.1, 0.15) is 6.54 Å². The van der Waals surface area contributed by atoms with Crippen LogP contribution in [-0.4, -0.2) is 29.9 Å². The van der Waals surface area contributed by atoms with Crippen molar-refractivity contribution in [1.82, 2.24) is 10.3 Å². The molecule has 3 rings (SSSR count). The fourth-order valence-corrected chi connectivity index (χ4v) is 3.39. The van der Waals surface area contributed by atoms with Gasteiger partial charge in [-0.25, -0.2) is 0 Å². The van der Waals surface area contributed by atoms with Crippen LogP contribution in [0.3, 0.4) is 0 Å². The van der Waals surface area contributed by atoms with Crippen LogP contribution in [0, 0.1) is 6.92 Å². The molecule has 0 radical (unpaired) electrons. The van der Waals surface area contributed by atoms with E-state index in [-0.39, 0.29) is 18.4 Å². The number of hydrogen-bond donors (Lipinski definition) is 2. The Balaban J connectivity index is 1.60. The molecule has 3 aromatic rings. The van der Waals surface area contributed by atoms with E-state index in [0.717, 1.165) is 28.5 Å². The van der Waals surface area contributed by atoms with Gasteiger partial charge in [0, 0.05) is 41.3 Å². The number of rotatable bonds is 6. The molecule has 0 saturated heterocycles. The lowest BCUT2D eigenvalue weighted by Gasteiger charge is -2.22. The largest absolute Gasteiger partial charge is 0.361 e. The number of aromatic nitrogens is 1. The fourth-order valence-electron chi connectivity index (χ4n) is 3.16. The van der Waals surface area contributed by atoms with Crippen molar-refractivity contribution < 1.29 is 9.59 Å². The van der Waals surface area contributed by atoms with Crippen LogP contribution in [0.25, 0.3) is 10.9 Å². The number of amides is 2. The lowest BCUT2D eigenvalue weighted by Crippen LogP contribution is -2.40. The molecular weight excluding hydrogens is 362 g/mol. The standard InChI is InChI=1S/C21H22ClN3O2/c1-14-11-17(22)7-8-20(14)25(15(2)26)13-21(27)23-10-9-16-12-24-19-6-4-3-5-18(16)19/h3-8,11-12,24H,9-10,13H2,1-2H3,(H,23,27). The van der Waals surface area contributed by atoms with Gasteiger partial charge in [0.15, 0.2) is 0 Å². The summed E-state index contributed by atoms with van der Waals surface area (Å²) in [5.74, 6) is -0.383. The van der Waals surface area contributed by atoms with Gasteiger partial charge in [0.25, 0.3) is 0 Å². The average molecular weight is 384 g/mol. The number of hydrogen-bond acceptors (Lipinski definition) is 2. The SMILES string of the molecule is CC(=O)N(CC(=O)NCCc1c[nH]c2ccccc12)c1ccc(Cl)cc1C. The summed E-state index contributed by atoms with van der Waals surface area (Å²) in [5.41, 5.74) is 3.78. The van der Waals surface area contributed by atoms with Gasteiger partial charge in [-0.2, -0.15) is 0 Å². The van der Waals surface area contributed by atoms with E-state index in [2.05, 4.69) is 16.4 Å². The number of aromatic amines is 1. The van der Waals surface area contributed by atoms with E-state index in [4.69, 9.17) is 11.6 Å². The molecule has 0 spiro atoms. The minimum Gasteiger partial charge on any atom is -0.361 e. The molecule has 140 valence electrons. The van der Waals surface area contributed by atoms with Crippen LogP contribution in [0.4, 0.5) is 5.69 Å². The first-order chi connectivity index (χ1) is 13.0. The number of para-hydroxylation sites is 1. The minimum atomic E-state index is -0.195. The Bertz CT molecular complexity index is 980. The zero-order valence-electron chi connectivity index (χ0n) is 15.4. The second-order valence-corrected chi connectivity index (χ2v) is 6.93. The quantitative estimate of drug-likeness (QED) is 0.679. The molecule has 5 nitrogen and oxygen atoms in total. The molecule has 0 bridgehead atoms. The van der Waals surface area contributed by atoms with E-state index in [0.29, 0.717) is 17.3 Å². The normalized spacial score (nSPS) is 10.8. The van der Waals surface area contributed by atoms with Crippen LogP contribution in [0.15, 0.2) is 48.7 Å². The Morgan fingerprint density at radius 2 is 1.96 bits per heavy atom. The number of benzene rings is 2. The van der Waals surface area contributed by atoms with E-state index < -0.39 is 0 Å². The van der Waals surface area contributed by atoms with Crippen molar-refractivity contribution in [1.29, 1.82) is 0 Å². The Morgan fingerprint density at radius 1 is 1.19 bits per heavy atom. The summed E-state index contributed by atoms with van der Waals surface area (Å²) in [7, 11) is 0. The summed E-state index contributed by atoms with van der Waals surface area (Å²) in [6.07, 6.45) is 2.69. The van der Waals surface area contributed by atoms with Crippen LogP contribution >= 0.6 is 11.6 Å². The van der Waals surface area contributed by atoms with Crippen LogP contribution in [0.5, 0.6) is 0 Å². The molecule has 0 unspecified atom stereocenters. The first-order valence-corrected chi connectivity index (χ1v) is 9.19. The second-order valence-electron chi connectivity index (χ2n) is 6.50. The monoisotopic (exact) mass is 383 g/mol. The molecule has 27 heavy (non-hydrogen) atoms. The Morgan fingerprint density at radius 3 is 2.70 bits per heavy atom. The van der Waals surface area contributed by atoms with Crippen molar-refractivity contribution >= 4 is 40.0 Å². The number of anilines is 1. The average Bonchev–Trinajstić information content (AvgIpc) is 3.03. The molecule has 0 aliphatic carbocycles. The first-order valence-electron chi connectivity index (χ1n) is 8.81. The molecule has 0 saturated carbocycles. The predicted molar refractivity (Wildman–Crippen MR) is 109 cm³/mol. The lowest BCUT2D eigenvalue weighted by molar-refractivity contribution is -0.123. The Kier molecular flexibility index (Phi) is 5.81. The molecule has 2 amide bonds. The maximum Gasteiger partial charge on any atom is 0.240 e. The topological polar surface area (TPSA) is 65.2 Å². The van der Waals surface area contributed by atoms with Gasteiger partial charge in [-0.3, -0.25) is 9.59 Å². The molecule has 0 atom stereocenters. The molecule has 0 fully saturated rings. The highest BCUT2D eigenvalue weighted by molar-refractivity contribution is 6.30. The molecule has 1 heterocycles. The van der Waals surface area contributed by atoms with Gasteiger partial charge in [-0.05, 0) is 48.7 Å². The van der Waals surface area contributed by atoms with Crippen LogP contribution in [-0.2, 0) is 16.0 Å². The third-order valence-corrected chi connectivity index (χ3v) is 4.76. The minimum absolute atomic E-state index is 0.0221. The summed E-state index contributed by atoms with van der Waals surface area (Å²) in [6.45, 7) is 3.80. The summed E-state index contributed by atoms with van der Waals surface area (Å²) >= 11 is 5.98. The number of nitrogens with zero attached hydrogens (tertiary/aromatic N) is 1. The van der Waals surface area contributed by atoms with Crippen molar-refractivity contribution in [3.8, 4) is 0 Å². The van der Waals surface area contributed by atoms with Crippen molar-refractivity contribution in [3.05, 3.63) is 64.8 Å². The smallest absolute Gasteiger partial charge is 0.240 e. The third kappa shape index (κ3) is 4.49. The summed E-state index contributed by atoms with van der Waals surface area (Å²) in [6, 6.07) is 13.3. The first kappa shape index (κ1) is 19.0. The number of halogens is 1. The van der Waals surface area contributed by atoms with E-state index in [1.165, 1.54) is 11.8 Å². The zero-order chi connectivity index (χ0) is 19.4. The van der Waals surface area contributed by atoms with Crippen LogP contribution in [0.1, 0.15) is 18.1 Å². The second kappa shape index (κ2) is 8.27. The van der Waals surface area contributed by atoms with Crippen LogP contribution < -0.4 is 10.2 Å². The molecule has 0 aliphatic heterocycles. The van der Waals surface area contributed by atoms with E-state index in [1.54, 1.807) is 18.2 Å². The number of nitrogens with one attached hydrogen (secondary N) is 2. The molecule has 0 aliphatic rings. The van der Waals surface area contributed by atoms with Gasteiger partial charge in [-0.1, -0.05) is 29.8 Å². The third-order valence-electron chi connectivity index (χ3n) is 4.52. The number of carbonyl (C=O) groups excluding carboxylic acids is 2. The van der Waals surface area contributed by atoms with Gasteiger partial charge < -0.3 is 15.2 Å². The highest BCUT2D eigenvalue weighted by Crippen LogP contribution is 2.23. The molecular formula is C21H22ClN3O2. The van der Waals surface area contributed by atoms with Gasteiger partial charge in [0.05, 0.1) is 0 Å². The molecule has 6 heteroatoms. The maximum atomic E-state index is 12.4. The summed E-state index contributed by atoms with van der Waals surface area (Å²) in [5, 5.41) is 4.66. The summed E-state index contributed by atoms with van der Waals surface area (Å²) < 4.78 is 0. The van der Waals surface area contributed by atoms with Gasteiger partial charge >= 0.3 is 0 Å².